The van der Waals surface area contributed by atoms with Crippen molar-refractivity contribution in [2.45, 2.75) is 37.5 Å². The first-order chi connectivity index (χ1) is 11.6. The Labute approximate surface area is 146 Å². The highest BCUT2D eigenvalue weighted by Gasteiger charge is 2.55. The first-order valence-corrected chi connectivity index (χ1v) is 9.37. The summed E-state index contributed by atoms with van der Waals surface area (Å²) in [6, 6.07) is 8.63. The Hall–Kier alpha value is -1.50. The van der Waals surface area contributed by atoms with Gasteiger partial charge in [-0.2, -0.15) is 0 Å². The Balaban J connectivity index is 1.34. The van der Waals surface area contributed by atoms with Crippen LogP contribution in [-0.4, -0.2) is 54.7 Å². The molecule has 1 aromatic heterocycles. The van der Waals surface area contributed by atoms with Gasteiger partial charge >= 0.3 is 0 Å². The molecule has 128 valence electrons. The summed E-state index contributed by atoms with van der Waals surface area (Å²) in [7, 11) is 4.12. The number of carbonyl (C=O) groups is 1. The van der Waals surface area contributed by atoms with Crippen LogP contribution in [0.4, 0.5) is 0 Å². The van der Waals surface area contributed by atoms with Crippen LogP contribution in [0, 0.1) is 5.92 Å². The summed E-state index contributed by atoms with van der Waals surface area (Å²) in [6.07, 6.45) is 2.54. The van der Waals surface area contributed by atoms with E-state index in [2.05, 4.69) is 35.4 Å². The SMILES string of the molecule is CN(C)[C@@H]1[C@@H](NC(=O)CCc2nc3ccccc3s2)[C@H]2CCO[C@H]21. The average Bonchev–Trinajstić information content (AvgIpc) is 3.14. The molecular formula is C18H23N3O2S. The maximum Gasteiger partial charge on any atom is 0.220 e. The minimum Gasteiger partial charge on any atom is -0.376 e. The van der Waals surface area contributed by atoms with E-state index >= 15 is 0 Å². The van der Waals surface area contributed by atoms with Gasteiger partial charge in [-0.3, -0.25) is 4.79 Å². The highest BCUT2D eigenvalue weighted by atomic mass is 32.1. The molecule has 4 rings (SSSR count). The highest BCUT2D eigenvalue weighted by molar-refractivity contribution is 7.18. The van der Waals surface area contributed by atoms with Gasteiger partial charge in [0.2, 0.25) is 5.91 Å². The Morgan fingerprint density at radius 3 is 3.04 bits per heavy atom. The van der Waals surface area contributed by atoms with Gasteiger partial charge in [0.15, 0.2) is 0 Å². The topological polar surface area (TPSA) is 54.5 Å². The molecule has 4 atom stereocenters. The molecule has 1 aliphatic heterocycles. The van der Waals surface area contributed by atoms with Crippen molar-refractivity contribution in [3.05, 3.63) is 29.3 Å². The molecule has 5 nitrogen and oxygen atoms in total. The monoisotopic (exact) mass is 345 g/mol. The third-order valence-corrected chi connectivity index (χ3v) is 6.27. The lowest BCUT2D eigenvalue weighted by atomic mass is 9.71. The second-order valence-electron chi connectivity index (χ2n) is 6.91. The number of aryl methyl sites for hydroxylation is 1. The van der Waals surface area contributed by atoms with Gasteiger partial charge in [0.1, 0.15) is 0 Å². The lowest BCUT2D eigenvalue weighted by Crippen LogP contribution is -2.69. The molecule has 2 aromatic rings. The van der Waals surface area contributed by atoms with E-state index in [1.807, 2.05) is 18.2 Å². The normalized spacial score (nSPS) is 28.8. The molecule has 0 radical (unpaired) electrons. The molecule has 1 saturated heterocycles. The number of para-hydroxylation sites is 1. The van der Waals surface area contributed by atoms with E-state index in [1.165, 1.54) is 4.70 Å². The summed E-state index contributed by atoms with van der Waals surface area (Å²) < 4.78 is 6.98. The van der Waals surface area contributed by atoms with Crippen LogP contribution in [0.3, 0.4) is 0 Å². The average molecular weight is 345 g/mol. The van der Waals surface area contributed by atoms with Crippen LogP contribution in [0.1, 0.15) is 17.8 Å². The molecule has 24 heavy (non-hydrogen) atoms. The van der Waals surface area contributed by atoms with Gasteiger partial charge in [-0.1, -0.05) is 12.1 Å². The molecule has 2 fully saturated rings. The number of hydrogen-bond donors (Lipinski definition) is 1. The summed E-state index contributed by atoms with van der Waals surface area (Å²) in [4.78, 5) is 19.2. The van der Waals surface area contributed by atoms with Crippen LogP contribution < -0.4 is 5.32 Å². The number of amides is 1. The van der Waals surface area contributed by atoms with Gasteiger partial charge in [0, 0.05) is 25.4 Å². The van der Waals surface area contributed by atoms with Gasteiger partial charge in [-0.05, 0) is 32.6 Å². The Morgan fingerprint density at radius 2 is 2.25 bits per heavy atom. The zero-order chi connectivity index (χ0) is 16.7. The number of nitrogens with one attached hydrogen (secondary N) is 1. The van der Waals surface area contributed by atoms with Crippen LogP contribution in [0.2, 0.25) is 0 Å². The quantitative estimate of drug-likeness (QED) is 0.901. The fourth-order valence-electron chi connectivity index (χ4n) is 3.99. The molecule has 0 unspecified atom stereocenters. The van der Waals surface area contributed by atoms with Crippen molar-refractivity contribution in [2.24, 2.45) is 5.92 Å². The zero-order valence-electron chi connectivity index (χ0n) is 14.1. The number of likely N-dealkylation sites (N-methyl/N-ethyl adjacent to an activating group) is 1. The lowest BCUT2D eigenvalue weighted by Gasteiger charge is -2.50. The minimum absolute atomic E-state index is 0.122. The number of carbonyl (C=O) groups excluding carboxylic acids is 1. The lowest BCUT2D eigenvalue weighted by molar-refractivity contribution is -0.128. The summed E-state index contributed by atoms with van der Waals surface area (Å²) >= 11 is 1.68. The van der Waals surface area contributed by atoms with Gasteiger partial charge in [-0.25, -0.2) is 4.98 Å². The minimum atomic E-state index is 0.122. The maximum atomic E-state index is 12.4. The third kappa shape index (κ3) is 2.83. The molecule has 2 aliphatic rings. The fourth-order valence-corrected chi connectivity index (χ4v) is 4.96. The van der Waals surface area contributed by atoms with Gasteiger partial charge in [0.05, 0.1) is 33.4 Å². The first-order valence-electron chi connectivity index (χ1n) is 8.55. The van der Waals surface area contributed by atoms with Gasteiger partial charge in [0.25, 0.3) is 0 Å². The maximum absolute atomic E-state index is 12.4. The van der Waals surface area contributed by atoms with Crippen molar-refractivity contribution in [1.29, 1.82) is 0 Å². The van der Waals surface area contributed by atoms with E-state index < -0.39 is 0 Å². The molecule has 0 bridgehead atoms. The molecule has 2 heterocycles. The molecule has 1 N–H and O–H groups in total. The van der Waals surface area contributed by atoms with Crippen molar-refractivity contribution >= 4 is 27.5 Å². The van der Waals surface area contributed by atoms with Gasteiger partial charge in [-0.15, -0.1) is 11.3 Å². The largest absolute Gasteiger partial charge is 0.376 e. The molecule has 1 amide bonds. The number of thiazole rings is 1. The standard InChI is InChI=1S/C18H23N3O2S/c1-21(2)17-16(11-9-10-23-18(11)17)20-14(22)7-8-15-19-12-5-3-4-6-13(12)24-15/h3-6,11,16-18H,7-10H2,1-2H3,(H,20,22)/t11-,16+,17-,18-/m1/s1. The molecule has 0 spiro atoms. The third-order valence-electron chi connectivity index (χ3n) is 5.18. The van der Waals surface area contributed by atoms with E-state index in [-0.39, 0.29) is 18.1 Å². The number of rotatable bonds is 5. The van der Waals surface area contributed by atoms with Crippen LogP contribution in [0.15, 0.2) is 24.3 Å². The summed E-state index contributed by atoms with van der Waals surface area (Å²) in [5, 5.41) is 4.27. The summed E-state index contributed by atoms with van der Waals surface area (Å²) in [5.41, 5.74) is 1.02. The number of aromatic nitrogens is 1. The first kappa shape index (κ1) is 16.0. The Kier molecular flexibility index (Phi) is 4.28. The van der Waals surface area contributed by atoms with Crippen LogP contribution in [-0.2, 0) is 16.0 Å². The van der Waals surface area contributed by atoms with Crippen LogP contribution in [0.25, 0.3) is 10.2 Å². The molecule has 1 aliphatic carbocycles. The molecule has 6 heteroatoms. The Morgan fingerprint density at radius 1 is 1.42 bits per heavy atom. The molecular weight excluding hydrogens is 322 g/mol. The molecule has 1 saturated carbocycles. The van der Waals surface area contributed by atoms with E-state index in [0.717, 1.165) is 23.6 Å². The molecule has 1 aromatic carbocycles. The van der Waals surface area contributed by atoms with Gasteiger partial charge < -0.3 is 15.0 Å². The van der Waals surface area contributed by atoms with E-state index in [0.29, 0.717) is 24.8 Å². The summed E-state index contributed by atoms with van der Waals surface area (Å²) in [5.74, 6) is 0.597. The van der Waals surface area contributed by atoms with Crippen LogP contribution in [0.5, 0.6) is 0 Å². The number of nitrogens with zero attached hydrogens (tertiary/aromatic N) is 2. The predicted molar refractivity (Wildman–Crippen MR) is 95.2 cm³/mol. The highest BCUT2D eigenvalue weighted by Crippen LogP contribution is 2.41. The fraction of sp³-hybridized carbons (Fsp3) is 0.556. The van der Waals surface area contributed by atoms with E-state index in [9.17, 15) is 4.79 Å². The predicted octanol–water partition coefficient (Wildman–Crippen LogP) is 2.06. The van der Waals surface area contributed by atoms with E-state index in [1.54, 1.807) is 11.3 Å². The van der Waals surface area contributed by atoms with Crippen molar-refractivity contribution in [3.63, 3.8) is 0 Å². The number of benzene rings is 1. The van der Waals surface area contributed by atoms with Crippen molar-refractivity contribution in [3.8, 4) is 0 Å². The second-order valence-corrected chi connectivity index (χ2v) is 8.03. The number of fused-ring (bicyclic) bond motifs is 2. The zero-order valence-corrected chi connectivity index (χ0v) is 14.9. The number of hydrogen-bond acceptors (Lipinski definition) is 5. The van der Waals surface area contributed by atoms with E-state index in [4.69, 9.17) is 4.74 Å². The summed E-state index contributed by atoms with van der Waals surface area (Å²) in [6.45, 7) is 0.817. The smallest absolute Gasteiger partial charge is 0.220 e. The van der Waals surface area contributed by atoms with Crippen molar-refractivity contribution < 1.29 is 9.53 Å². The Bertz CT molecular complexity index is 712. The van der Waals surface area contributed by atoms with Crippen molar-refractivity contribution in [1.82, 2.24) is 15.2 Å². The van der Waals surface area contributed by atoms with Crippen LogP contribution >= 0.6 is 11.3 Å². The van der Waals surface area contributed by atoms with Crippen molar-refractivity contribution in [2.75, 3.05) is 20.7 Å². The second kappa shape index (κ2) is 6.43. The number of ether oxygens (including phenoxy) is 1.